The minimum Gasteiger partial charge on any atom is -0.444 e. The molecule has 3 amide bonds. The molecule has 0 unspecified atom stereocenters. The number of carbonyl (C=O) groups is 3. The lowest BCUT2D eigenvalue weighted by Gasteiger charge is -2.32. The van der Waals surface area contributed by atoms with E-state index in [9.17, 15) is 14.4 Å². The number of nitrogens with one attached hydrogen (secondary N) is 2. The summed E-state index contributed by atoms with van der Waals surface area (Å²) in [7, 11) is 0. The van der Waals surface area contributed by atoms with Crippen molar-refractivity contribution in [3.8, 4) is 0 Å². The number of rotatable bonds is 5. The number of halogens is 1. The minimum absolute atomic E-state index is 0.00579. The molecule has 0 aromatic heterocycles. The van der Waals surface area contributed by atoms with E-state index in [2.05, 4.69) is 26.6 Å². The van der Waals surface area contributed by atoms with Crippen molar-refractivity contribution in [3.63, 3.8) is 0 Å². The fourth-order valence-corrected chi connectivity index (χ4v) is 3.15. The molecule has 7 nitrogen and oxygen atoms in total. The molecule has 28 heavy (non-hydrogen) atoms. The van der Waals surface area contributed by atoms with Gasteiger partial charge in [0.05, 0.1) is 0 Å². The predicted octanol–water partition coefficient (Wildman–Crippen LogP) is 3.08. The Labute approximate surface area is 174 Å². The summed E-state index contributed by atoms with van der Waals surface area (Å²) < 4.78 is 6.07. The Morgan fingerprint density at radius 2 is 1.75 bits per heavy atom. The lowest BCUT2D eigenvalue weighted by atomic mass is 10.0. The third-order valence-electron chi connectivity index (χ3n) is 4.30. The number of nitrogens with zero attached hydrogens (tertiary/aromatic N) is 1. The number of likely N-dealkylation sites (tertiary alicyclic amines) is 1. The highest BCUT2D eigenvalue weighted by atomic mass is 79.9. The summed E-state index contributed by atoms with van der Waals surface area (Å²) in [4.78, 5) is 37.9. The second kappa shape index (κ2) is 9.91. The quantitative estimate of drug-likeness (QED) is 0.716. The van der Waals surface area contributed by atoms with Crippen LogP contribution in [0.2, 0.25) is 0 Å². The summed E-state index contributed by atoms with van der Waals surface area (Å²) in [5.74, 6) is -0.104. The van der Waals surface area contributed by atoms with Crippen molar-refractivity contribution in [2.45, 2.75) is 51.7 Å². The smallest absolute Gasteiger partial charge is 0.407 e. The molecular weight excluding hydrogens is 426 g/mol. The average Bonchev–Trinajstić information content (AvgIpc) is 2.61. The molecule has 2 rings (SSSR count). The first-order valence-electron chi connectivity index (χ1n) is 9.45. The lowest BCUT2D eigenvalue weighted by Crippen LogP contribution is -2.47. The Morgan fingerprint density at radius 1 is 1.14 bits per heavy atom. The van der Waals surface area contributed by atoms with Crippen LogP contribution in [0.1, 0.15) is 50.4 Å². The number of piperidine rings is 1. The van der Waals surface area contributed by atoms with Gasteiger partial charge in [0.1, 0.15) is 5.60 Å². The Hall–Kier alpha value is -2.09. The van der Waals surface area contributed by atoms with Crippen molar-refractivity contribution in [1.82, 2.24) is 15.5 Å². The number of amides is 3. The summed E-state index contributed by atoms with van der Waals surface area (Å²) in [6, 6.07) is 7.27. The van der Waals surface area contributed by atoms with E-state index in [-0.39, 0.29) is 30.8 Å². The molecule has 1 aliphatic heterocycles. The average molecular weight is 454 g/mol. The molecule has 1 aromatic rings. The number of hydrogen-bond donors (Lipinski definition) is 2. The van der Waals surface area contributed by atoms with E-state index in [1.165, 1.54) is 0 Å². The van der Waals surface area contributed by atoms with Crippen LogP contribution in [0, 0.1) is 0 Å². The molecule has 0 aliphatic carbocycles. The maximum Gasteiger partial charge on any atom is 0.407 e. The molecule has 0 saturated carbocycles. The van der Waals surface area contributed by atoms with Gasteiger partial charge in [-0.2, -0.15) is 0 Å². The van der Waals surface area contributed by atoms with Gasteiger partial charge in [-0.3, -0.25) is 9.59 Å². The summed E-state index contributed by atoms with van der Waals surface area (Å²) in [5.41, 5.74) is 0.0614. The van der Waals surface area contributed by atoms with Gasteiger partial charge in [-0.1, -0.05) is 15.9 Å². The number of benzene rings is 1. The zero-order chi connectivity index (χ0) is 20.7. The van der Waals surface area contributed by atoms with Crippen molar-refractivity contribution in [1.29, 1.82) is 0 Å². The number of alkyl carbamates (subject to hydrolysis) is 1. The summed E-state index contributed by atoms with van der Waals surface area (Å²) in [6.07, 6.45) is 1.14. The first kappa shape index (κ1) is 22.2. The minimum atomic E-state index is -0.559. The van der Waals surface area contributed by atoms with Crippen LogP contribution in [0.4, 0.5) is 4.79 Å². The van der Waals surface area contributed by atoms with Crippen LogP contribution in [0.3, 0.4) is 0 Å². The molecule has 154 valence electrons. The van der Waals surface area contributed by atoms with Crippen LogP contribution in [0.25, 0.3) is 0 Å². The summed E-state index contributed by atoms with van der Waals surface area (Å²) >= 11 is 3.35. The molecule has 1 fully saturated rings. The number of hydrogen-bond acceptors (Lipinski definition) is 4. The van der Waals surface area contributed by atoms with Gasteiger partial charge in [0.25, 0.3) is 5.91 Å². The second-order valence-corrected chi connectivity index (χ2v) is 8.73. The number of carbonyl (C=O) groups excluding carboxylic acids is 3. The highest BCUT2D eigenvalue weighted by Gasteiger charge is 2.24. The van der Waals surface area contributed by atoms with E-state index in [1.807, 2.05) is 12.1 Å². The fourth-order valence-electron chi connectivity index (χ4n) is 2.89. The van der Waals surface area contributed by atoms with Gasteiger partial charge in [0.15, 0.2) is 0 Å². The molecule has 0 spiro atoms. The fraction of sp³-hybridized carbons (Fsp3) is 0.550. The second-order valence-electron chi connectivity index (χ2n) is 7.81. The Kier molecular flexibility index (Phi) is 7.86. The Balaban J connectivity index is 1.68. The van der Waals surface area contributed by atoms with E-state index in [0.717, 1.165) is 4.47 Å². The molecule has 8 heteroatoms. The van der Waals surface area contributed by atoms with Crippen LogP contribution in [-0.2, 0) is 9.53 Å². The van der Waals surface area contributed by atoms with Gasteiger partial charge >= 0.3 is 6.09 Å². The third-order valence-corrected chi connectivity index (χ3v) is 4.83. The zero-order valence-corrected chi connectivity index (χ0v) is 18.2. The molecule has 1 aliphatic rings. The van der Waals surface area contributed by atoms with Gasteiger partial charge in [-0.05, 0) is 57.9 Å². The van der Waals surface area contributed by atoms with Crippen LogP contribution in [-0.4, -0.2) is 54.1 Å². The van der Waals surface area contributed by atoms with E-state index >= 15 is 0 Å². The standard InChI is InChI=1S/C20H28BrN3O4/c1-20(2,3)28-19(27)22-11-8-17(25)24-12-9-16(10-13-24)23-18(26)14-4-6-15(21)7-5-14/h4-7,16H,8-13H2,1-3H3,(H,22,27)(H,23,26). The number of ether oxygens (including phenoxy) is 1. The summed E-state index contributed by atoms with van der Waals surface area (Å²) in [6.45, 7) is 6.80. The molecule has 1 heterocycles. The monoisotopic (exact) mass is 453 g/mol. The maximum absolute atomic E-state index is 12.3. The van der Waals surface area contributed by atoms with Gasteiger partial charge in [-0.25, -0.2) is 4.79 Å². The maximum atomic E-state index is 12.3. The molecule has 0 bridgehead atoms. The third kappa shape index (κ3) is 7.50. The SMILES string of the molecule is CC(C)(C)OC(=O)NCCC(=O)N1CCC(NC(=O)c2ccc(Br)cc2)CC1. The predicted molar refractivity (Wildman–Crippen MR) is 110 cm³/mol. The normalized spacial score (nSPS) is 15.1. The van der Waals surface area contributed by atoms with Gasteiger partial charge in [0, 0.05) is 42.1 Å². The first-order chi connectivity index (χ1) is 13.1. The molecule has 0 atom stereocenters. The first-order valence-corrected chi connectivity index (χ1v) is 10.2. The van der Waals surface area contributed by atoms with Crippen molar-refractivity contribution < 1.29 is 19.1 Å². The molecular formula is C20H28BrN3O4. The van der Waals surface area contributed by atoms with Gasteiger partial charge < -0.3 is 20.3 Å². The largest absolute Gasteiger partial charge is 0.444 e. The van der Waals surface area contributed by atoms with Crippen LogP contribution >= 0.6 is 15.9 Å². The van der Waals surface area contributed by atoms with Crippen LogP contribution < -0.4 is 10.6 Å². The zero-order valence-electron chi connectivity index (χ0n) is 16.6. The Morgan fingerprint density at radius 3 is 2.32 bits per heavy atom. The van der Waals surface area contributed by atoms with E-state index in [4.69, 9.17) is 4.74 Å². The van der Waals surface area contributed by atoms with E-state index < -0.39 is 11.7 Å². The lowest BCUT2D eigenvalue weighted by molar-refractivity contribution is -0.132. The molecule has 1 saturated heterocycles. The highest BCUT2D eigenvalue weighted by Crippen LogP contribution is 2.14. The van der Waals surface area contributed by atoms with Crippen molar-refractivity contribution in [2.24, 2.45) is 0 Å². The van der Waals surface area contributed by atoms with Crippen molar-refractivity contribution in [3.05, 3.63) is 34.3 Å². The Bertz CT molecular complexity index is 692. The van der Waals surface area contributed by atoms with E-state index in [1.54, 1.807) is 37.8 Å². The highest BCUT2D eigenvalue weighted by molar-refractivity contribution is 9.10. The topological polar surface area (TPSA) is 87.7 Å². The van der Waals surface area contributed by atoms with Crippen LogP contribution in [0.5, 0.6) is 0 Å². The molecule has 0 radical (unpaired) electrons. The van der Waals surface area contributed by atoms with Crippen molar-refractivity contribution >= 4 is 33.8 Å². The molecule has 2 N–H and O–H groups in total. The van der Waals surface area contributed by atoms with Gasteiger partial charge in [-0.15, -0.1) is 0 Å². The summed E-state index contributed by atoms with van der Waals surface area (Å²) in [5, 5.41) is 5.63. The van der Waals surface area contributed by atoms with Crippen molar-refractivity contribution in [2.75, 3.05) is 19.6 Å². The van der Waals surface area contributed by atoms with E-state index in [0.29, 0.717) is 31.5 Å². The van der Waals surface area contributed by atoms with Gasteiger partial charge in [0.2, 0.25) is 5.91 Å². The molecule has 1 aromatic carbocycles. The van der Waals surface area contributed by atoms with Crippen LogP contribution in [0.15, 0.2) is 28.7 Å².